The summed E-state index contributed by atoms with van der Waals surface area (Å²) in [6.07, 6.45) is 3.60. The molecule has 1 amide bonds. The molecule has 164 valence electrons. The molecule has 1 aliphatic rings. The minimum Gasteiger partial charge on any atom is -0.493 e. The highest BCUT2D eigenvalue weighted by Gasteiger charge is 2.35. The van der Waals surface area contributed by atoms with Gasteiger partial charge in [0.05, 0.1) is 27.4 Å². The third-order valence-corrected chi connectivity index (χ3v) is 5.30. The van der Waals surface area contributed by atoms with E-state index in [-0.39, 0.29) is 6.42 Å². The van der Waals surface area contributed by atoms with Crippen LogP contribution in [0, 0.1) is 11.3 Å². The van der Waals surface area contributed by atoms with Crippen LogP contribution in [0.2, 0.25) is 0 Å². The summed E-state index contributed by atoms with van der Waals surface area (Å²) in [5.41, 5.74) is -0.0455. The van der Waals surface area contributed by atoms with Crippen molar-refractivity contribution in [1.29, 1.82) is 5.26 Å². The van der Waals surface area contributed by atoms with Crippen molar-refractivity contribution in [1.82, 2.24) is 5.32 Å². The molecule has 2 rings (SSSR count). The Morgan fingerprint density at radius 3 is 2.20 bits per heavy atom. The molecule has 0 unspecified atom stereocenters. The zero-order valence-electron chi connectivity index (χ0n) is 18.1. The highest BCUT2D eigenvalue weighted by Crippen LogP contribution is 2.38. The molecule has 1 saturated carbocycles. The van der Waals surface area contributed by atoms with Crippen LogP contribution in [-0.4, -0.2) is 44.8 Å². The minimum absolute atomic E-state index is 0.0830. The second-order valence-corrected chi connectivity index (χ2v) is 7.41. The predicted molar refractivity (Wildman–Crippen MR) is 110 cm³/mol. The molecular weight excluding hydrogens is 388 g/mol. The highest BCUT2D eigenvalue weighted by atomic mass is 16.5. The summed E-state index contributed by atoms with van der Waals surface area (Å²) in [5.74, 6) is 0.538. The Bertz CT molecular complexity index is 770. The Hall–Kier alpha value is -2.95. The number of esters is 1. The fraction of sp³-hybridized carbons (Fsp3) is 0.591. The smallest absolute Gasteiger partial charge is 0.306 e. The van der Waals surface area contributed by atoms with E-state index in [9.17, 15) is 14.9 Å². The van der Waals surface area contributed by atoms with E-state index in [1.54, 1.807) is 12.1 Å². The lowest BCUT2D eigenvalue weighted by Gasteiger charge is -2.32. The molecule has 0 radical (unpaired) electrons. The topological polar surface area (TPSA) is 107 Å². The first-order chi connectivity index (χ1) is 14.4. The first kappa shape index (κ1) is 23.3. The standard InChI is InChI=1S/C22H30N2O6/c1-15(21(26)24-22(14-23)10-6-5-7-11-22)30-19(25)9-8-16-12-17(27-2)20(29-4)18(13-16)28-3/h12-13,15H,5-11H2,1-4H3,(H,24,26)/t15-/m1/s1. The number of ether oxygens (including phenoxy) is 4. The van der Waals surface area contributed by atoms with Gasteiger partial charge in [0.25, 0.3) is 5.91 Å². The first-order valence-electron chi connectivity index (χ1n) is 10.1. The van der Waals surface area contributed by atoms with E-state index in [1.165, 1.54) is 28.3 Å². The van der Waals surface area contributed by atoms with E-state index < -0.39 is 23.5 Å². The van der Waals surface area contributed by atoms with Gasteiger partial charge < -0.3 is 24.3 Å². The average molecular weight is 418 g/mol. The molecule has 0 aromatic heterocycles. The van der Waals surface area contributed by atoms with Crippen molar-refractivity contribution < 1.29 is 28.5 Å². The molecule has 1 aromatic carbocycles. The quantitative estimate of drug-likeness (QED) is 0.615. The lowest BCUT2D eigenvalue weighted by Crippen LogP contribution is -2.52. The maximum absolute atomic E-state index is 12.4. The average Bonchev–Trinajstić information content (AvgIpc) is 2.77. The molecule has 1 N–H and O–H groups in total. The molecule has 8 heteroatoms. The normalized spacial score (nSPS) is 16.0. The maximum atomic E-state index is 12.4. The molecule has 1 aliphatic carbocycles. The van der Waals surface area contributed by atoms with Crippen molar-refractivity contribution >= 4 is 11.9 Å². The number of hydrogen-bond acceptors (Lipinski definition) is 7. The van der Waals surface area contributed by atoms with Gasteiger partial charge in [-0.2, -0.15) is 5.26 Å². The van der Waals surface area contributed by atoms with Crippen LogP contribution in [0.25, 0.3) is 0 Å². The Morgan fingerprint density at radius 2 is 1.70 bits per heavy atom. The van der Waals surface area contributed by atoms with Crippen molar-refractivity contribution in [2.45, 2.75) is 63.5 Å². The van der Waals surface area contributed by atoms with Gasteiger partial charge in [0, 0.05) is 6.42 Å². The number of carbonyl (C=O) groups is 2. The summed E-state index contributed by atoms with van der Waals surface area (Å²) < 4.78 is 21.2. The number of rotatable bonds is 9. The Morgan fingerprint density at radius 1 is 1.10 bits per heavy atom. The van der Waals surface area contributed by atoms with E-state index in [0.29, 0.717) is 36.5 Å². The Kier molecular flexibility index (Phi) is 8.34. The van der Waals surface area contributed by atoms with E-state index in [0.717, 1.165) is 24.8 Å². The number of amides is 1. The number of methoxy groups -OCH3 is 3. The molecule has 8 nitrogen and oxygen atoms in total. The molecule has 0 aliphatic heterocycles. The van der Waals surface area contributed by atoms with Crippen LogP contribution in [0.3, 0.4) is 0 Å². The molecule has 30 heavy (non-hydrogen) atoms. The van der Waals surface area contributed by atoms with Crippen LogP contribution < -0.4 is 19.5 Å². The fourth-order valence-electron chi connectivity index (χ4n) is 3.59. The maximum Gasteiger partial charge on any atom is 0.306 e. The van der Waals surface area contributed by atoms with Gasteiger partial charge in [0.2, 0.25) is 5.75 Å². The second kappa shape index (κ2) is 10.7. The van der Waals surface area contributed by atoms with Crippen molar-refractivity contribution in [3.63, 3.8) is 0 Å². The number of hydrogen-bond donors (Lipinski definition) is 1. The largest absolute Gasteiger partial charge is 0.493 e. The van der Waals surface area contributed by atoms with Gasteiger partial charge in [-0.05, 0) is 43.9 Å². The number of carbonyl (C=O) groups excluding carboxylic acids is 2. The van der Waals surface area contributed by atoms with Gasteiger partial charge in [-0.25, -0.2) is 0 Å². The van der Waals surface area contributed by atoms with Gasteiger partial charge >= 0.3 is 5.97 Å². The number of aryl methyl sites for hydroxylation is 1. The fourth-order valence-corrected chi connectivity index (χ4v) is 3.59. The Balaban J connectivity index is 1.92. The summed E-state index contributed by atoms with van der Waals surface area (Å²) in [7, 11) is 4.57. The van der Waals surface area contributed by atoms with Gasteiger partial charge in [0.1, 0.15) is 5.54 Å². The molecule has 0 spiro atoms. The molecule has 0 bridgehead atoms. The third-order valence-electron chi connectivity index (χ3n) is 5.30. The number of nitrogens with one attached hydrogen (secondary N) is 1. The van der Waals surface area contributed by atoms with Crippen molar-refractivity contribution in [3.8, 4) is 23.3 Å². The summed E-state index contributed by atoms with van der Waals surface area (Å²) >= 11 is 0. The lowest BCUT2D eigenvalue weighted by molar-refractivity contribution is -0.155. The van der Waals surface area contributed by atoms with E-state index in [1.807, 2.05) is 0 Å². The van der Waals surface area contributed by atoms with Crippen molar-refractivity contribution in [2.24, 2.45) is 0 Å². The van der Waals surface area contributed by atoms with E-state index in [4.69, 9.17) is 18.9 Å². The van der Waals surface area contributed by atoms with Crippen molar-refractivity contribution in [2.75, 3.05) is 21.3 Å². The van der Waals surface area contributed by atoms with Crippen LogP contribution in [-0.2, 0) is 20.7 Å². The summed E-state index contributed by atoms with van der Waals surface area (Å²) in [4.78, 5) is 24.7. The SMILES string of the molecule is COc1cc(CCC(=O)O[C@H](C)C(=O)NC2(C#N)CCCCC2)cc(OC)c1OC. The zero-order chi connectivity index (χ0) is 22.1. The monoisotopic (exact) mass is 418 g/mol. The zero-order valence-corrected chi connectivity index (χ0v) is 18.1. The lowest BCUT2D eigenvalue weighted by atomic mass is 9.83. The number of nitriles is 1. The van der Waals surface area contributed by atoms with Gasteiger partial charge in [0.15, 0.2) is 17.6 Å². The van der Waals surface area contributed by atoms with Crippen LogP contribution in [0.15, 0.2) is 12.1 Å². The van der Waals surface area contributed by atoms with Gasteiger partial charge in [-0.3, -0.25) is 9.59 Å². The van der Waals surface area contributed by atoms with Gasteiger partial charge in [-0.15, -0.1) is 0 Å². The molecular formula is C22H30N2O6. The minimum atomic E-state index is -0.968. The predicted octanol–water partition coefficient (Wildman–Crippen LogP) is 2.92. The van der Waals surface area contributed by atoms with E-state index in [2.05, 4.69) is 11.4 Å². The molecule has 0 heterocycles. The van der Waals surface area contributed by atoms with Crippen LogP contribution in [0.5, 0.6) is 17.2 Å². The Labute approximate surface area is 177 Å². The summed E-state index contributed by atoms with van der Waals surface area (Å²) in [6.45, 7) is 1.51. The molecule has 1 atom stereocenters. The van der Waals surface area contributed by atoms with Crippen molar-refractivity contribution in [3.05, 3.63) is 17.7 Å². The first-order valence-corrected chi connectivity index (χ1v) is 10.1. The summed E-state index contributed by atoms with van der Waals surface area (Å²) in [6, 6.07) is 5.76. The second-order valence-electron chi connectivity index (χ2n) is 7.41. The highest BCUT2D eigenvalue weighted by molar-refractivity contribution is 5.84. The van der Waals surface area contributed by atoms with Crippen LogP contribution in [0.4, 0.5) is 0 Å². The van der Waals surface area contributed by atoms with Crippen LogP contribution >= 0.6 is 0 Å². The molecule has 1 aromatic rings. The number of nitrogens with zero attached hydrogens (tertiary/aromatic N) is 1. The third kappa shape index (κ3) is 5.78. The molecule has 0 saturated heterocycles. The van der Waals surface area contributed by atoms with E-state index >= 15 is 0 Å². The van der Waals surface area contributed by atoms with Gasteiger partial charge in [-0.1, -0.05) is 19.3 Å². The van der Waals surface area contributed by atoms with Crippen LogP contribution in [0.1, 0.15) is 51.0 Å². The molecule has 1 fully saturated rings. The number of benzene rings is 1. The summed E-state index contributed by atoms with van der Waals surface area (Å²) in [5, 5.41) is 12.3.